The zero-order chi connectivity index (χ0) is 22.7. The molecule has 1 aliphatic rings. The first-order chi connectivity index (χ1) is 15.5. The molecule has 0 N–H and O–H groups in total. The smallest absolute Gasteiger partial charge is 0.233 e. The monoisotopic (exact) mass is 472 g/mol. The topological polar surface area (TPSA) is 81.2 Å². The number of aromatic nitrogens is 3. The van der Waals surface area contributed by atoms with Gasteiger partial charge in [0.1, 0.15) is 5.54 Å². The third-order valence-electron chi connectivity index (χ3n) is 6.02. The summed E-state index contributed by atoms with van der Waals surface area (Å²) in [6, 6.07) is 10.9. The van der Waals surface area contributed by atoms with Gasteiger partial charge in [-0.15, -0.1) is 10.2 Å². The number of amides is 1. The lowest BCUT2D eigenvalue weighted by Gasteiger charge is -2.44. The van der Waals surface area contributed by atoms with E-state index in [0.29, 0.717) is 46.7 Å². The average Bonchev–Trinajstić information content (AvgIpc) is 3.47. The molecule has 1 saturated carbocycles. The van der Waals surface area contributed by atoms with Crippen LogP contribution in [0.1, 0.15) is 38.2 Å². The van der Waals surface area contributed by atoms with Gasteiger partial charge in [0.05, 0.1) is 12.0 Å². The van der Waals surface area contributed by atoms with Gasteiger partial charge in [0.2, 0.25) is 5.91 Å². The Kier molecular flexibility index (Phi) is 6.71. The lowest BCUT2D eigenvalue weighted by atomic mass is 9.74. The van der Waals surface area contributed by atoms with Crippen molar-refractivity contribution in [2.24, 2.45) is 0 Å². The molecule has 1 amide bonds. The van der Waals surface area contributed by atoms with E-state index in [1.54, 1.807) is 30.3 Å². The van der Waals surface area contributed by atoms with Gasteiger partial charge < -0.3 is 9.32 Å². The SMILES string of the molecule is CCn1c(SCC(=O)N(C)C2(c3ccccc3Cl)CCCCC2=O)nnc1-c1ccco1. The molecule has 2 heterocycles. The number of furan rings is 1. The Morgan fingerprint density at radius 1 is 1.25 bits per heavy atom. The van der Waals surface area contributed by atoms with Gasteiger partial charge in [0.25, 0.3) is 0 Å². The number of nitrogens with zero attached hydrogens (tertiary/aromatic N) is 4. The molecular weight excluding hydrogens is 448 g/mol. The van der Waals surface area contributed by atoms with Gasteiger partial charge in [0, 0.05) is 30.6 Å². The van der Waals surface area contributed by atoms with Crippen LogP contribution in [0.2, 0.25) is 5.02 Å². The zero-order valence-electron chi connectivity index (χ0n) is 18.1. The fraction of sp³-hybridized carbons (Fsp3) is 0.391. The molecule has 1 aromatic carbocycles. The molecule has 0 aliphatic heterocycles. The molecule has 4 rings (SSSR count). The molecule has 0 spiro atoms. The molecule has 3 aromatic rings. The molecule has 0 radical (unpaired) electrons. The zero-order valence-corrected chi connectivity index (χ0v) is 19.7. The van der Waals surface area contributed by atoms with Gasteiger partial charge in [-0.05, 0) is 44.4 Å². The predicted molar refractivity (Wildman–Crippen MR) is 123 cm³/mol. The van der Waals surface area contributed by atoms with Gasteiger partial charge in [-0.1, -0.05) is 41.6 Å². The largest absolute Gasteiger partial charge is 0.461 e. The fourth-order valence-corrected chi connectivity index (χ4v) is 5.54. The van der Waals surface area contributed by atoms with Gasteiger partial charge in [-0.3, -0.25) is 14.2 Å². The summed E-state index contributed by atoms with van der Waals surface area (Å²) in [6.07, 6.45) is 4.28. The molecule has 7 nitrogen and oxygen atoms in total. The maximum Gasteiger partial charge on any atom is 0.233 e. The highest BCUT2D eigenvalue weighted by atomic mass is 35.5. The number of hydrogen-bond acceptors (Lipinski definition) is 6. The number of Topliss-reactive ketones (excluding diaryl/α,β-unsaturated/α-hetero) is 1. The number of halogens is 1. The van der Waals surface area contributed by atoms with Gasteiger partial charge in [-0.2, -0.15) is 0 Å². The van der Waals surface area contributed by atoms with E-state index in [9.17, 15) is 9.59 Å². The van der Waals surface area contributed by atoms with Gasteiger partial charge in [-0.25, -0.2) is 0 Å². The van der Waals surface area contributed by atoms with Crippen LogP contribution in [0.4, 0.5) is 0 Å². The van der Waals surface area contributed by atoms with Crippen LogP contribution in [-0.4, -0.2) is 44.2 Å². The molecular formula is C23H25ClN4O3S. The Bertz CT molecular complexity index is 1110. The van der Waals surface area contributed by atoms with Crippen LogP contribution in [0.15, 0.2) is 52.2 Å². The molecule has 1 fully saturated rings. The minimum atomic E-state index is -1.04. The molecule has 9 heteroatoms. The quantitative estimate of drug-likeness (QED) is 0.459. The number of likely N-dealkylation sites (N-methyl/N-ethyl adjacent to an activating group) is 1. The summed E-state index contributed by atoms with van der Waals surface area (Å²) in [7, 11) is 1.70. The molecule has 0 bridgehead atoms. The fourth-order valence-electron chi connectivity index (χ4n) is 4.33. The van der Waals surface area contributed by atoms with E-state index in [0.717, 1.165) is 12.8 Å². The predicted octanol–water partition coefficient (Wildman–Crippen LogP) is 4.80. The van der Waals surface area contributed by atoms with Crippen molar-refractivity contribution in [2.75, 3.05) is 12.8 Å². The Hall–Kier alpha value is -2.58. The van der Waals surface area contributed by atoms with E-state index in [2.05, 4.69) is 10.2 Å². The van der Waals surface area contributed by atoms with Crippen LogP contribution in [0.5, 0.6) is 0 Å². The third-order valence-corrected chi connectivity index (χ3v) is 7.30. The van der Waals surface area contributed by atoms with E-state index >= 15 is 0 Å². The molecule has 1 atom stereocenters. The normalized spacial score (nSPS) is 18.7. The summed E-state index contributed by atoms with van der Waals surface area (Å²) in [5.74, 6) is 1.26. The van der Waals surface area contributed by atoms with Crippen LogP contribution >= 0.6 is 23.4 Å². The first-order valence-corrected chi connectivity index (χ1v) is 12.0. The summed E-state index contributed by atoms with van der Waals surface area (Å²) in [5.41, 5.74) is -0.338. The Labute approximate surface area is 196 Å². The molecule has 1 unspecified atom stereocenters. The van der Waals surface area contributed by atoms with Crippen LogP contribution in [-0.2, 0) is 21.7 Å². The highest BCUT2D eigenvalue weighted by Crippen LogP contribution is 2.42. The second kappa shape index (κ2) is 9.50. The van der Waals surface area contributed by atoms with Crippen molar-refractivity contribution in [3.05, 3.63) is 53.2 Å². The Morgan fingerprint density at radius 3 is 2.75 bits per heavy atom. The van der Waals surface area contributed by atoms with Gasteiger partial charge in [0.15, 0.2) is 22.5 Å². The van der Waals surface area contributed by atoms with E-state index in [1.807, 2.05) is 35.8 Å². The highest BCUT2D eigenvalue weighted by Gasteiger charge is 2.47. The van der Waals surface area contributed by atoms with Crippen molar-refractivity contribution in [3.63, 3.8) is 0 Å². The molecule has 168 valence electrons. The van der Waals surface area contributed by atoms with Crippen LogP contribution in [0, 0.1) is 0 Å². The van der Waals surface area contributed by atoms with Crippen molar-refractivity contribution in [1.29, 1.82) is 0 Å². The number of carbonyl (C=O) groups excluding carboxylic acids is 2. The standard InChI is InChI=1S/C23H25ClN4O3S/c1-3-28-21(18-11-8-14-31-18)25-26-22(28)32-15-20(30)27(2)23(13-7-6-12-19(23)29)16-9-4-5-10-17(16)24/h4-5,8-11,14H,3,6-7,12-13,15H2,1-2H3. The number of ketones is 1. The minimum Gasteiger partial charge on any atom is -0.461 e. The number of carbonyl (C=O) groups is 2. The Morgan fingerprint density at radius 2 is 2.06 bits per heavy atom. The minimum absolute atomic E-state index is 0.0366. The van der Waals surface area contributed by atoms with Crippen LogP contribution in [0.25, 0.3) is 11.6 Å². The van der Waals surface area contributed by atoms with E-state index in [1.165, 1.54) is 11.8 Å². The summed E-state index contributed by atoms with van der Waals surface area (Å²) in [4.78, 5) is 28.1. The number of thioether (sulfide) groups is 1. The second-order valence-corrected chi connectivity index (χ2v) is 9.09. The van der Waals surface area contributed by atoms with Crippen molar-refractivity contribution < 1.29 is 14.0 Å². The summed E-state index contributed by atoms with van der Waals surface area (Å²) in [5, 5.41) is 9.61. The highest BCUT2D eigenvalue weighted by molar-refractivity contribution is 7.99. The maximum absolute atomic E-state index is 13.3. The van der Waals surface area contributed by atoms with Crippen LogP contribution in [0.3, 0.4) is 0 Å². The first kappa shape index (κ1) is 22.6. The molecule has 0 saturated heterocycles. The summed E-state index contributed by atoms with van der Waals surface area (Å²) >= 11 is 7.80. The Balaban J connectivity index is 1.58. The van der Waals surface area contributed by atoms with E-state index in [-0.39, 0.29) is 17.4 Å². The summed E-state index contributed by atoms with van der Waals surface area (Å²) < 4.78 is 7.36. The average molecular weight is 473 g/mol. The van der Waals surface area contributed by atoms with E-state index in [4.69, 9.17) is 16.0 Å². The molecule has 2 aromatic heterocycles. The second-order valence-electron chi connectivity index (χ2n) is 7.74. The third kappa shape index (κ3) is 3.97. The van der Waals surface area contributed by atoms with Crippen molar-refractivity contribution >= 4 is 35.1 Å². The lowest BCUT2D eigenvalue weighted by Crippen LogP contribution is -2.54. The first-order valence-electron chi connectivity index (χ1n) is 10.6. The van der Waals surface area contributed by atoms with Crippen molar-refractivity contribution in [1.82, 2.24) is 19.7 Å². The van der Waals surface area contributed by atoms with Crippen LogP contribution < -0.4 is 0 Å². The maximum atomic E-state index is 13.3. The number of rotatable bonds is 7. The number of hydrogen-bond donors (Lipinski definition) is 0. The van der Waals surface area contributed by atoms with Crippen molar-refractivity contribution in [2.45, 2.75) is 49.8 Å². The molecule has 32 heavy (non-hydrogen) atoms. The van der Waals surface area contributed by atoms with Crippen molar-refractivity contribution in [3.8, 4) is 11.6 Å². The number of benzene rings is 1. The van der Waals surface area contributed by atoms with E-state index < -0.39 is 5.54 Å². The lowest BCUT2D eigenvalue weighted by molar-refractivity contribution is -0.146. The van der Waals surface area contributed by atoms with Gasteiger partial charge >= 0.3 is 0 Å². The molecule has 1 aliphatic carbocycles. The summed E-state index contributed by atoms with van der Waals surface area (Å²) in [6.45, 7) is 2.62.